The highest BCUT2D eigenvalue weighted by Gasteiger charge is 2.06. The number of fused-ring (bicyclic) bond motifs is 1. The molecule has 0 amide bonds. The summed E-state index contributed by atoms with van der Waals surface area (Å²) in [7, 11) is 0. The van der Waals surface area contributed by atoms with E-state index in [2.05, 4.69) is 35.5 Å². The summed E-state index contributed by atoms with van der Waals surface area (Å²) >= 11 is 0. The maximum atomic E-state index is 9.56. The van der Waals surface area contributed by atoms with Gasteiger partial charge in [0.2, 0.25) is 0 Å². The van der Waals surface area contributed by atoms with Crippen LogP contribution in [0.4, 0.5) is 0 Å². The first-order valence-corrected chi connectivity index (χ1v) is 6.72. The van der Waals surface area contributed by atoms with Gasteiger partial charge in [0.1, 0.15) is 0 Å². The molecule has 0 saturated carbocycles. The molecular formula is C15H22N2O. The van der Waals surface area contributed by atoms with Crippen molar-refractivity contribution in [2.24, 2.45) is 0 Å². The lowest BCUT2D eigenvalue weighted by molar-refractivity contribution is 0.156. The van der Waals surface area contributed by atoms with Gasteiger partial charge in [0.15, 0.2) is 0 Å². The Bertz CT molecular complexity index is 531. The number of aryl methyl sites for hydroxylation is 3. The minimum Gasteiger partial charge on any atom is -0.393 e. The van der Waals surface area contributed by atoms with Crippen LogP contribution >= 0.6 is 0 Å². The molecule has 0 aliphatic heterocycles. The zero-order chi connectivity index (χ0) is 13.1. The van der Waals surface area contributed by atoms with Gasteiger partial charge in [-0.2, -0.15) is 0 Å². The summed E-state index contributed by atoms with van der Waals surface area (Å²) in [5.41, 5.74) is 4.85. The van der Waals surface area contributed by atoms with Crippen molar-refractivity contribution in [2.45, 2.75) is 52.7 Å². The van der Waals surface area contributed by atoms with Crippen molar-refractivity contribution in [1.29, 1.82) is 0 Å². The Hall–Kier alpha value is -1.35. The van der Waals surface area contributed by atoms with E-state index >= 15 is 0 Å². The number of benzene rings is 1. The first-order valence-electron chi connectivity index (χ1n) is 6.72. The standard InChI is InChI=1S/C15H22N2O/c1-4-13(18)6-5-7-17-10-16-14-8-11(2)12(3)9-15(14)17/h8-10,13,18H,4-7H2,1-3H3. The average Bonchev–Trinajstić information content (AvgIpc) is 2.72. The van der Waals surface area contributed by atoms with E-state index in [1.807, 2.05) is 13.3 Å². The van der Waals surface area contributed by atoms with E-state index in [4.69, 9.17) is 0 Å². The van der Waals surface area contributed by atoms with E-state index in [0.717, 1.165) is 31.3 Å². The molecule has 0 spiro atoms. The molecule has 0 aliphatic rings. The van der Waals surface area contributed by atoms with Crippen molar-refractivity contribution in [3.8, 4) is 0 Å². The van der Waals surface area contributed by atoms with Crippen molar-refractivity contribution in [2.75, 3.05) is 0 Å². The van der Waals surface area contributed by atoms with Gasteiger partial charge in [0.25, 0.3) is 0 Å². The molecule has 1 N–H and O–H groups in total. The Kier molecular flexibility index (Phi) is 4.02. The Morgan fingerprint density at radius 2 is 2.00 bits per heavy atom. The lowest BCUT2D eigenvalue weighted by Crippen LogP contribution is -2.06. The molecule has 3 heteroatoms. The molecule has 1 heterocycles. The fraction of sp³-hybridized carbons (Fsp3) is 0.533. The second-order valence-electron chi connectivity index (χ2n) is 5.07. The molecule has 0 saturated heterocycles. The molecule has 3 nitrogen and oxygen atoms in total. The Labute approximate surface area is 108 Å². The fourth-order valence-electron chi connectivity index (χ4n) is 2.19. The smallest absolute Gasteiger partial charge is 0.0958 e. The normalized spacial score (nSPS) is 13.1. The summed E-state index contributed by atoms with van der Waals surface area (Å²) in [5.74, 6) is 0. The minimum atomic E-state index is -0.163. The molecule has 98 valence electrons. The zero-order valence-corrected chi connectivity index (χ0v) is 11.5. The predicted molar refractivity (Wildman–Crippen MR) is 74.7 cm³/mol. The lowest BCUT2D eigenvalue weighted by atomic mass is 10.1. The van der Waals surface area contributed by atoms with E-state index in [9.17, 15) is 5.11 Å². The molecular weight excluding hydrogens is 224 g/mol. The lowest BCUT2D eigenvalue weighted by Gasteiger charge is -2.09. The SMILES string of the molecule is CCC(O)CCCn1cnc2cc(C)c(C)cc21. The predicted octanol–water partition coefficient (Wildman–Crippen LogP) is 3.20. The van der Waals surface area contributed by atoms with E-state index in [1.54, 1.807) is 0 Å². The van der Waals surface area contributed by atoms with Crippen LogP contribution in [-0.4, -0.2) is 20.8 Å². The van der Waals surface area contributed by atoms with Crippen LogP contribution in [0.2, 0.25) is 0 Å². The molecule has 1 unspecified atom stereocenters. The van der Waals surface area contributed by atoms with Gasteiger partial charge in [0.05, 0.1) is 23.5 Å². The quantitative estimate of drug-likeness (QED) is 0.879. The summed E-state index contributed by atoms with van der Waals surface area (Å²) in [4.78, 5) is 4.44. The number of aliphatic hydroxyl groups excluding tert-OH is 1. The van der Waals surface area contributed by atoms with E-state index in [1.165, 1.54) is 16.6 Å². The highest BCUT2D eigenvalue weighted by molar-refractivity contribution is 5.77. The van der Waals surface area contributed by atoms with E-state index < -0.39 is 0 Å². The van der Waals surface area contributed by atoms with Crippen molar-refractivity contribution in [3.63, 3.8) is 0 Å². The molecule has 1 aromatic heterocycles. The first kappa shape index (κ1) is 13.1. The van der Waals surface area contributed by atoms with Gasteiger partial charge < -0.3 is 9.67 Å². The molecule has 0 radical (unpaired) electrons. The average molecular weight is 246 g/mol. The second kappa shape index (κ2) is 5.53. The van der Waals surface area contributed by atoms with Gasteiger partial charge in [-0.3, -0.25) is 0 Å². The van der Waals surface area contributed by atoms with Gasteiger partial charge in [0, 0.05) is 6.54 Å². The molecule has 0 aliphatic carbocycles. The molecule has 2 aromatic rings. The van der Waals surface area contributed by atoms with Crippen LogP contribution in [0, 0.1) is 13.8 Å². The minimum absolute atomic E-state index is 0.163. The third-order valence-corrected chi connectivity index (χ3v) is 3.64. The van der Waals surface area contributed by atoms with Gasteiger partial charge in [-0.25, -0.2) is 4.98 Å². The molecule has 1 atom stereocenters. The fourth-order valence-corrected chi connectivity index (χ4v) is 2.19. The van der Waals surface area contributed by atoms with Crippen LogP contribution in [0.1, 0.15) is 37.3 Å². The second-order valence-corrected chi connectivity index (χ2v) is 5.07. The highest BCUT2D eigenvalue weighted by Crippen LogP contribution is 2.19. The summed E-state index contributed by atoms with van der Waals surface area (Å²) in [5, 5.41) is 9.56. The van der Waals surface area contributed by atoms with Crippen LogP contribution in [-0.2, 0) is 6.54 Å². The molecule has 18 heavy (non-hydrogen) atoms. The van der Waals surface area contributed by atoms with Gasteiger partial charge in [-0.1, -0.05) is 6.92 Å². The van der Waals surface area contributed by atoms with Crippen LogP contribution in [0.3, 0.4) is 0 Å². The molecule has 0 fully saturated rings. The number of aromatic nitrogens is 2. The highest BCUT2D eigenvalue weighted by atomic mass is 16.3. The monoisotopic (exact) mass is 246 g/mol. The largest absolute Gasteiger partial charge is 0.393 e. The zero-order valence-electron chi connectivity index (χ0n) is 11.5. The van der Waals surface area contributed by atoms with Crippen LogP contribution in [0.15, 0.2) is 18.5 Å². The molecule has 0 bridgehead atoms. The maximum absolute atomic E-state index is 9.56. The summed E-state index contributed by atoms with van der Waals surface area (Å²) in [6, 6.07) is 4.34. The Morgan fingerprint density at radius 3 is 2.72 bits per heavy atom. The van der Waals surface area contributed by atoms with Crippen molar-refractivity contribution >= 4 is 11.0 Å². The third-order valence-electron chi connectivity index (χ3n) is 3.64. The topological polar surface area (TPSA) is 38.0 Å². The van der Waals surface area contributed by atoms with Crippen molar-refractivity contribution in [3.05, 3.63) is 29.6 Å². The number of aliphatic hydroxyl groups is 1. The Morgan fingerprint density at radius 1 is 1.28 bits per heavy atom. The first-order chi connectivity index (χ1) is 8.61. The number of nitrogens with zero attached hydrogens (tertiary/aromatic N) is 2. The summed E-state index contributed by atoms with van der Waals surface area (Å²) in [6.07, 6.45) is 4.43. The van der Waals surface area contributed by atoms with Crippen molar-refractivity contribution in [1.82, 2.24) is 9.55 Å². The molecule has 1 aromatic carbocycles. The van der Waals surface area contributed by atoms with E-state index in [0.29, 0.717) is 0 Å². The maximum Gasteiger partial charge on any atom is 0.0958 e. The van der Waals surface area contributed by atoms with Crippen LogP contribution < -0.4 is 0 Å². The van der Waals surface area contributed by atoms with Crippen LogP contribution in [0.25, 0.3) is 11.0 Å². The van der Waals surface area contributed by atoms with Gasteiger partial charge in [-0.15, -0.1) is 0 Å². The third kappa shape index (κ3) is 2.72. The number of hydrogen-bond acceptors (Lipinski definition) is 2. The van der Waals surface area contributed by atoms with Gasteiger partial charge >= 0.3 is 0 Å². The number of hydrogen-bond donors (Lipinski definition) is 1. The summed E-state index contributed by atoms with van der Waals surface area (Å²) in [6.45, 7) is 7.19. The number of rotatable bonds is 5. The van der Waals surface area contributed by atoms with E-state index in [-0.39, 0.29) is 6.10 Å². The summed E-state index contributed by atoms with van der Waals surface area (Å²) < 4.78 is 2.18. The van der Waals surface area contributed by atoms with Crippen LogP contribution in [0.5, 0.6) is 0 Å². The number of imidazole rings is 1. The Balaban J connectivity index is 2.12. The van der Waals surface area contributed by atoms with Crippen molar-refractivity contribution < 1.29 is 5.11 Å². The molecule has 2 rings (SSSR count). The van der Waals surface area contributed by atoms with Gasteiger partial charge in [-0.05, 0) is 56.4 Å².